The van der Waals surface area contributed by atoms with E-state index in [-0.39, 0.29) is 48.1 Å². The fourth-order valence-corrected chi connectivity index (χ4v) is 4.18. The first-order chi connectivity index (χ1) is 13.4. The number of nitro groups is 1. The molecule has 2 aromatic carbocycles. The first-order valence-corrected chi connectivity index (χ1v) is 9.73. The lowest BCUT2D eigenvalue weighted by molar-refractivity contribution is -0.385. The number of rotatable bonds is 6. The fraction of sp³-hybridized carbons (Fsp3) is 0.235. The standard InChI is InChI=1S/C17H17FN4O5S/c18-15-4-2-1-3-13(15)12-19-20-16-6-5-14(22(23)24)11-17(16)28(25,26)21-7-9-27-10-8-21/h1-6,11-12,20H,7-10H2/b19-12+. The number of nitrogens with zero attached hydrogens (tertiary/aromatic N) is 3. The maximum Gasteiger partial charge on any atom is 0.270 e. The van der Waals surface area contributed by atoms with Crippen molar-refractivity contribution < 1.29 is 22.5 Å². The van der Waals surface area contributed by atoms with Gasteiger partial charge >= 0.3 is 0 Å². The van der Waals surface area contributed by atoms with E-state index < -0.39 is 20.8 Å². The zero-order valence-electron chi connectivity index (χ0n) is 14.6. The number of ether oxygens (including phenoxy) is 1. The van der Waals surface area contributed by atoms with Crippen LogP contribution in [0.3, 0.4) is 0 Å². The molecule has 0 bridgehead atoms. The Morgan fingerprint density at radius 1 is 1.21 bits per heavy atom. The molecule has 0 amide bonds. The smallest absolute Gasteiger partial charge is 0.270 e. The number of benzene rings is 2. The summed E-state index contributed by atoms with van der Waals surface area (Å²) in [5.41, 5.74) is 2.43. The van der Waals surface area contributed by atoms with Crippen molar-refractivity contribution in [1.82, 2.24) is 4.31 Å². The van der Waals surface area contributed by atoms with E-state index in [2.05, 4.69) is 10.5 Å². The van der Waals surface area contributed by atoms with E-state index >= 15 is 0 Å². The topological polar surface area (TPSA) is 114 Å². The van der Waals surface area contributed by atoms with Gasteiger partial charge in [-0.15, -0.1) is 0 Å². The van der Waals surface area contributed by atoms with Crippen LogP contribution in [0.5, 0.6) is 0 Å². The Labute approximate surface area is 160 Å². The lowest BCUT2D eigenvalue weighted by Crippen LogP contribution is -2.40. The third kappa shape index (κ3) is 4.32. The minimum absolute atomic E-state index is 0.0460. The Hall–Kier alpha value is -2.89. The Balaban J connectivity index is 1.94. The highest BCUT2D eigenvalue weighted by atomic mass is 32.2. The summed E-state index contributed by atoms with van der Waals surface area (Å²) < 4.78 is 45.9. The summed E-state index contributed by atoms with van der Waals surface area (Å²) in [4.78, 5) is 10.1. The molecular weight excluding hydrogens is 391 g/mol. The quantitative estimate of drug-likeness (QED) is 0.445. The number of halogens is 1. The Bertz CT molecular complexity index is 1010. The highest BCUT2D eigenvalue weighted by molar-refractivity contribution is 7.89. The van der Waals surface area contributed by atoms with Gasteiger partial charge in [-0.2, -0.15) is 9.41 Å². The number of hydrogen-bond donors (Lipinski definition) is 1. The van der Waals surface area contributed by atoms with Crippen molar-refractivity contribution in [1.29, 1.82) is 0 Å². The lowest BCUT2D eigenvalue weighted by atomic mass is 10.2. The first-order valence-electron chi connectivity index (χ1n) is 8.29. The molecule has 1 fully saturated rings. The molecule has 2 aromatic rings. The Morgan fingerprint density at radius 3 is 2.61 bits per heavy atom. The summed E-state index contributed by atoms with van der Waals surface area (Å²) in [6.07, 6.45) is 1.20. The predicted molar refractivity (Wildman–Crippen MR) is 100 cm³/mol. The van der Waals surface area contributed by atoms with Crippen molar-refractivity contribution in [3.8, 4) is 0 Å². The van der Waals surface area contributed by atoms with Crippen LogP contribution in [0.1, 0.15) is 5.56 Å². The molecule has 1 aliphatic heterocycles. The third-order valence-corrected chi connectivity index (χ3v) is 6.00. The molecule has 11 heteroatoms. The number of hydrazone groups is 1. The second-order valence-corrected chi connectivity index (χ2v) is 7.75. The van der Waals surface area contributed by atoms with Crippen molar-refractivity contribution in [2.24, 2.45) is 5.10 Å². The molecule has 0 saturated carbocycles. The molecule has 1 saturated heterocycles. The minimum Gasteiger partial charge on any atom is -0.379 e. The number of nitrogens with one attached hydrogen (secondary N) is 1. The summed E-state index contributed by atoms with van der Waals surface area (Å²) in [5.74, 6) is -0.488. The molecule has 1 N–H and O–H groups in total. The van der Waals surface area contributed by atoms with Crippen LogP contribution < -0.4 is 5.43 Å². The van der Waals surface area contributed by atoms with Crippen molar-refractivity contribution >= 4 is 27.6 Å². The van der Waals surface area contributed by atoms with Crippen LogP contribution in [0.15, 0.2) is 52.5 Å². The van der Waals surface area contributed by atoms with Gasteiger partial charge in [-0.3, -0.25) is 15.5 Å². The molecule has 0 radical (unpaired) electrons. The van der Waals surface area contributed by atoms with E-state index in [1.54, 1.807) is 6.07 Å². The monoisotopic (exact) mass is 408 g/mol. The second-order valence-electron chi connectivity index (χ2n) is 5.85. The van der Waals surface area contributed by atoms with Crippen molar-refractivity contribution in [2.45, 2.75) is 4.90 Å². The molecule has 148 valence electrons. The van der Waals surface area contributed by atoms with Gasteiger partial charge in [0, 0.05) is 30.8 Å². The SMILES string of the molecule is O=[N+]([O-])c1ccc(N/N=C/c2ccccc2F)c(S(=O)(=O)N2CCOCC2)c1. The maximum absolute atomic E-state index is 13.7. The number of non-ortho nitro benzene ring substituents is 1. The third-order valence-electron chi connectivity index (χ3n) is 4.06. The van der Waals surface area contributed by atoms with E-state index in [0.717, 1.165) is 6.07 Å². The van der Waals surface area contributed by atoms with Crippen molar-refractivity contribution in [2.75, 3.05) is 31.7 Å². The van der Waals surface area contributed by atoms with Gasteiger partial charge in [-0.1, -0.05) is 18.2 Å². The fourth-order valence-electron chi connectivity index (χ4n) is 2.61. The number of hydrogen-bond acceptors (Lipinski definition) is 7. The van der Waals surface area contributed by atoms with E-state index in [1.165, 1.54) is 40.9 Å². The number of sulfonamides is 1. The van der Waals surface area contributed by atoms with Crippen LogP contribution in [0.4, 0.5) is 15.8 Å². The van der Waals surface area contributed by atoms with E-state index in [4.69, 9.17) is 4.74 Å². The summed E-state index contributed by atoms with van der Waals surface area (Å²) in [7, 11) is -4.01. The predicted octanol–water partition coefficient (Wildman–Crippen LogP) is 2.20. The van der Waals surface area contributed by atoms with Crippen LogP contribution in [-0.2, 0) is 14.8 Å². The maximum atomic E-state index is 13.7. The summed E-state index contributed by atoms with van der Waals surface area (Å²) in [6, 6.07) is 9.33. The van der Waals surface area contributed by atoms with Gasteiger partial charge in [0.05, 0.1) is 30.0 Å². The molecule has 1 aliphatic rings. The van der Waals surface area contributed by atoms with Crippen LogP contribution in [0.25, 0.3) is 0 Å². The zero-order valence-corrected chi connectivity index (χ0v) is 15.4. The van der Waals surface area contributed by atoms with Gasteiger partial charge in [0.1, 0.15) is 10.7 Å². The van der Waals surface area contributed by atoms with Gasteiger partial charge in [-0.25, -0.2) is 12.8 Å². The first kappa shape index (κ1) is 19.9. The van der Waals surface area contributed by atoms with Gasteiger partial charge < -0.3 is 4.74 Å². The molecule has 0 aliphatic carbocycles. The number of morpholine rings is 1. The molecule has 3 rings (SSSR count). The normalized spacial score (nSPS) is 15.6. The van der Waals surface area contributed by atoms with Crippen LogP contribution in [-0.4, -0.2) is 50.2 Å². The molecule has 0 atom stereocenters. The average molecular weight is 408 g/mol. The van der Waals surface area contributed by atoms with Crippen LogP contribution >= 0.6 is 0 Å². The Kier molecular flexibility index (Phi) is 5.97. The second kappa shape index (κ2) is 8.42. The molecule has 0 spiro atoms. The summed E-state index contributed by atoms with van der Waals surface area (Å²) >= 11 is 0. The van der Waals surface area contributed by atoms with E-state index in [0.29, 0.717) is 0 Å². The number of nitro benzene ring substituents is 1. The summed E-state index contributed by atoms with van der Waals surface area (Å²) in [6.45, 7) is 0.761. The van der Waals surface area contributed by atoms with E-state index in [1.807, 2.05) is 0 Å². The molecule has 9 nitrogen and oxygen atoms in total. The number of anilines is 1. The highest BCUT2D eigenvalue weighted by Crippen LogP contribution is 2.29. The minimum atomic E-state index is -4.01. The molecular formula is C17H17FN4O5S. The van der Waals surface area contributed by atoms with Crippen molar-refractivity contribution in [3.05, 3.63) is 64.0 Å². The van der Waals surface area contributed by atoms with Gasteiger partial charge in [0.25, 0.3) is 5.69 Å². The summed E-state index contributed by atoms with van der Waals surface area (Å²) in [5, 5.41) is 15.0. The van der Waals surface area contributed by atoms with Gasteiger partial charge in [-0.05, 0) is 12.1 Å². The zero-order chi connectivity index (χ0) is 20.1. The lowest BCUT2D eigenvalue weighted by Gasteiger charge is -2.26. The molecule has 0 unspecified atom stereocenters. The average Bonchev–Trinajstić information content (AvgIpc) is 2.70. The van der Waals surface area contributed by atoms with Crippen LogP contribution in [0.2, 0.25) is 0 Å². The van der Waals surface area contributed by atoms with Crippen LogP contribution in [0, 0.1) is 15.9 Å². The largest absolute Gasteiger partial charge is 0.379 e. The van der Waals surface area contributed by atoms with Crippen molar-refractivity contribution in [3.63, 3.8) is 0 Å². The van der Waals surface area contributed by atoms with E-state index in [9.17, 15) is 22.9 Å². The van der Waals surface area contributed by atoms with Gasteiger partial charge in [0.15, 0.2) is 0 Å². The molecule has 1 heterocycles. The van der Waals surface area contributed by atoms with Gasteiger partial charge in [0.2, 0.25) is 10.0 Å². The Morgan fingerprint density at radius 2 is 1.93 bits per heavy atom. The molecule has 28 heavy (non-hydrogen) atoms. The highest BCUT2D eigenvalue weighted by Gasteiger charge is 2.30. The molecule has 0 aromatic heterocycles.